The molecule has 0 atom stereocenters. The van der Waals surface area contributed by atoms with Gasteiger partial charge in [0.15, 0.2) is 0 Å². The minimum Gasteiger partial charge on any atom is -0.370 e. The van der Waals surface area contributed by atoms with E-state index in [-0.39, 0.29) is 0 Å². The molecule has 0 saturated carbocycles. The molecule has 0 fully saturated rings. The summed E-state index contributed by atoms with van der Waals surface area (Å²) >= 11 is 1.90. The first-order chi connectivity index (χ1) is 9.70. The lowest BCUT2D eigenvalue weighted by Gasteiger charge is -2.17. The number of hydrogen-bond donors (Lipinski definition) is 2. The summed E-state index contributed by atoms with van der Waals surface area (Å²) in [5.74, 6) is 3.59. The maximum Gasteiger partial charge on any atom is 0.134 e. The summed E-state index contributed by atoms with van der Waals surface area (Å²) in [7, 11) is 0. The Kier molecular flexibility index (Phi) is 8.42. The molecule has 1 aromatic heterocycles. The van der Waals surface area contributed by atoms with Gasteiger partial charge in [-0.25, -0.2) is 9.97 Å². The second-order valence-electron chi connectivity index (χ2n) is 5.19. The highest BCUT2D eigenvalue weighted by atomic mass is 32.2. The Hall–Kier alpha value is -0.970. The molecule has 0 amide bonds. The van der Waals surface area contributed by atoms with Gasteiger partial charge in [-0.1, -0.05) is 20.8 Å². The van der Waals surface area contributed by atoms with E-state index in [0.717, 1.165) is 31.1 Å². The van der Waals surface area contributed by atoms with Gasteiger partial charge in [0.1, 0.15) is 18.0 Å². The van der Waals surface area contributed by atoms with E-state index >= 15 is 0 Å². The Morgan fingerprint density at radius 2 is 1.75 bits per heavy atom. The van der Waals surface area contributed by atoms with Gasteiger partial charge in [0, 0.05) is 18.7 Å². The van der Waals surface area contributed by atoms with Gasteiger partial charge in [0.2, 0.25) is 0 Å². The summed E-state index contributed by atoms with van der Waals surface area (Å²) in [5.41, 5.74) is 1.20. The minimum absolute atomic E-state index is 0.407. The normalized spacial score (nSPS) is 10.8. The number of rotatable bonds is 10. The minimum atomic E-state index is 0.407. The van der Waals surface area contributed by atoms with Crippen LogP contribution in [0.1, 0.15) is 51.5 Å². The van der Waals surface area contributed by atoms with E-state index in [4.69, 9.17) is 0 Å². The molecule has 0 aliphatic heterocycles. The summed E-state index contributed by atoms with van der Waals surface area (Å²) in [5, 5.41) is 6.87. The van der Waals surface area contributed by atoms with Crippen molar-refractivity contribution < 1.29 is 0 Å². The summed E-state index contributed by atoms with van der Waals surface area (Å²) in [6.07, 6.45) is 7.32. The number of aromatic nitrogens is 2. The first kappa shape index (κ1) is 17.1. The van der Waals surface area contributed by atoms with Crippen LogP contribution in [0.2, 0.25) is 0 Å². The Bertz CT molecular complexity index is 382. The molecule has 20 heavy (non-hydrogen) atoms. The van der Waals surface area contributed by atoms with E-state index in [2.05, 4.69) is 47.6 Å². The van der Waals surface area contributed by atoms with Gasteiger partial charge in [-0.2, -0.15) is 11.8 Å². The van der Waals surface area contributed by atoms with Gasteiger partial charge in [0.05, 0.1) is 0 Å². The Labute approximate surface area is 127 Å². The van der Waals surface area contributed by atoms with Gasteiger partial charge in [0.25, 0.3) is 0 Å². The highest BCUT2D eigenvalue weighted by Crippen LogP contribution is 2.28. The average molecular weight is 296 g/mol. The number of unbranched alkanes of at least 4 members (excludes halogenated alkanes) is 1. The molecule has 1 heterocycles. The molecule has 0 aliphatic carbocycles. The van der Waals surface area contributed by atoms with Gasteiger partial charge >= 0.3 is 0 Å². The summed E-state index contributed by atoms with van der Waals surface area (Å²) < 4.78 is 0. The molecule has 0 aliphatic rings. The molecule has 1 rings (SSSR count). The zero-order valence-electron chi connectivity index (χ0n) is 13.2. The summed E-state index contributed by atoms with van der Waals surface area (Å²) in [4.78, 5) is 8.81. The number of thioether (sulfide) groups is 1. The van der Waals surface area contributed by atoms with Crippen molar-refractivity contribution in [2.45, 2.75) is 46.0 Å². The topological polar surface area (TPSA) is 49.8 Å². The zero-order chi connectivity index (χ0) is 14.8. The predicted octanol–water partition coefficient (Wildman–Crippen LogP) is 3.98. The van der Waals surface area contributed by atoms with E-state index in [0.29, 0.717) is 5.92 Å². The molecule has 0 radical (unpaired) electrons. The third-order valence-corrected chi connectivity index (χ3v) is 3.77. The fourth-order valence-electron chi connectivity index (χ4n) is 2.05. The van der Waals surface area contributed by atoms with Crippen molar-refractivity contribution in [3.8, 4) is 0 Å². The van der Waals surface area contributed by atoms with Crippen LogP contribution in [0, 0.1) is 0 Å². The molecule has 114 valence electrons. The predicted molar refractivity (Wildman–Crippen MR) is 91.0 cm³/mol. The molecule has 2 N–H and O–H groups in total. The van der Waals surface area contributed by atoms with Crippen molar-refractivity contribution in [2.24, 2.45) is 0 Å². The van der Waals surface area contributed by atoms with Gasteiger partial charge in [-0.05, 0) is 37.2 Å². The fourth-order valence-corrected chi connectivity index (χ4v) is 2.54. The third-order valence-electron chi connectivity index (χ3n) is 3.07. The fraction of sp³-hybridized carbons (Fsp3) is 0.733. The smallest absolute Gasteiger partial charge is 0.134 e. The maximum atomic E-state index is 4.42. The molecule has 1 aromatic rings. The lowest BCUT2D eigenvalue weighted by Crippen LogP contribution is -2.12. The van der Waals surface area contributed by atoms with E-state index in [1.165, 1.54) is 24.2 Å². The van der Waals surface area contributed by atoms with E-state index in [1.807, 2.05) is 11.8 Å². The lowest BCUT2D eigenvalue weighted by atomic mass is 10.0. The highest BCUT2D eigenvalue weighted by Gasteiger charge is 2.14. The van der Waals surface area contributed by atoms with Crippen molar-refractivity contribution in [3.05, 3.63) is 11.9 Å². The number of nitrogens with one attached hydrogen (secondary N) is 2. The number of hydrogen-bond acceptors (Lipinski definition) is 5. The Morgan fingerprint density at radius 3 is 2.30 bits per heavy atom. The van der Waals surface area contributed by atoms with Crippen LogP contribution in [0.3, 0.4) is 0 Å². The molecular formula is C15H28N4S. The van der Waals surface area contributed by atoms with Crippen LogP contribution in [0.5, 0.6) is 0 Å². The quantitative estimate of drug-likeness (QED) is 0.640. The Balaban J connectivity index is 2.68. The van der Waals surface area contributed by atoms with Crippen LogP contribution in [-0.4, -0.2) is 35.1 Å². The van der Waals surface area contributed by atoms with Crippen LogP contribution < -0.4 is 10.6 Å². The summed E-state index contributed by atoms with van der Waals surface area (Å²) in [6, 6.07) is 0. The van der Waals surface area contributed by atoms with Crippen molar-refractivity contribution in [3.63, 3.8) is 0 Å². The standard InChI is InChI=1S/C15H28N4S/c1-5-8-16-14-13(12(2)3)15(19-11-18-14)17-9-6-7-10-20-4/h11-12H,5-10H2,1-4H3,(H2,16,17,18,19). The number of anilines is 2. The van der Waals surface area contributed by atoms with Crippen molar-refractivity contribution in [1.29, 1.82) is 0 Å². The van der Waals surface area contributed by atoms with E-state index < -0.39 is 0 Å². The third kappa shape index (κ3) is 5.57. The van der Waals surface area contributed by atoms with E-state index in [1.54, 1.807) is 6.33 Å². The largest absolute Gasteiger partial charge is 0.370 e. The van der Waals surface area contributed by atoms with Crippen molar-refractivity contribution in [2.75, 3.05) is 35.7 Å². The van der Waals surface area contributed by atoms with E-state index in [9.17, 15) is 0 Å². The molecule has 0 unspecified atom stereocenters. The average Bonchev–Trinajstić information content (AvgIpc) is 2.44. The van der Waals surface area contributed by atoms with Crippen molar-refractivity contribution in [1.82, 2.24) is 9.97 Å². The van der Waals surface area contributed by atoms with Crippen LogP contribution >= 0.6 is 11.8 Å². The monoisotopic (exact) mass is 296 g/mol. The molecule has 0 spiro atoms. The van der Waals surface area contributed by atoms with Crippen LogP contribution in [0.4, 0.5) is 11.6 Å². The van der Waals surface area contributed by atoms with Gasteiger partial charge < -0.3 is 10.6 Å². The second kappa shape index (κ2) is 9.86. The molecule has 0 saturated heterocycles. The molecule has 5 heteroatoms. The zero-order valence-corrected chi connectivity index (χ0v) is 14.0. The molecule has 0 aromatic carbocycles. The molecule has 0 bridgehead atoms. The first-order valence-corrected chi connectivity index (χ1v) is 8.91. The lowest BCUT2D eigenvalue weighted by molar-refractivity contribution is 0.815. The highest BCUT2D eigenvalue weighted by molar-refractivity contribution is 7.98. The van der Waals surface area contributed by atoms with Crippen molar-refractivity contribution >= 4 is 23.4 Å². The molecular weight excluding hydrogens is 268 g/mol. The first-order valence-electron chi connectivity index (χ1n) is 7.52. The van der Waals surface area contributed by atoms with Crippen LogP contribution in [0.15, 0.2) is 6.33 Å². The van der Waals surface area contributed by atoms with Gasteiger partial charge in [-0.15, -0.1) is 0 Å². The SMILES string of the molecule is CCCNc1ncnc(NCCCCSC)c1C(C)C. The summed E-state index contributed by atoms with van der Waals surface area (Å²) in [6.45, 7) is 8.46. The second-order valence-corrected chi connectivity index (χ2v) is 6.18. The maximum absolute atomic E-state index is 4.42. The van der Waals surface area contributed by atoms with Crippen LogP contribution in [-0.2, 0) is 0 Å². The molecule has 4 nitrogen and oxygen atoms in total. The van der Waals surface area contributed by atoms with Crippen LogP contribution in [0.25, 0.3) is 0 Å². The Morgan fingerprint density at radius 1 is 1.10 bits per heavy atom. The van der Waals surface area contributed by atoms with Gasteiger partial charge in [-0.3, -0.25) is 0 Å². The number of nitrogens with zero attached hydrogens (tertiary/aromatic N) is 2.